The summed E-state index contributed by atoms with van der Waals surface area (Å²) in [5, 5.41) is 4.09. The molecule has 11 heteroatoms. The number of carbonyl (C=O) groups is 2. The van der Waals surface area contributed by atoms with Gasteiger partial charge in [-0.25, -0.2) is 8.42 Å². The summed E-state index contributed by atoms with van der Waals surface area (Å²) in [5.74, 6) is -0.937. The maximum Gasteiger partial charge on any atom is 0.264 e. The molecule has 2 unspecified atom stereocenters. The van der Waals surface area contributed by atoms with Crippen LogP contribution in [0.25, 0.3) is 0 Å². The minimum Gasteiger partial charge on any atom is -0.352 e. The molecule has 0 spiro atoms. The molecule has 0 aromatic heterocycles. The second-order valence-corrected chi connectivity index (χ2v) is 14.7. The van der Waals surface area contributed by atoms with Gasteiger partial charge in [-0.05, 0) is 86.3 Å². The van der Waals surface area contributed by atoms with Gasteiger partial charge in [-0.1, -0.05) is 95.8 Å². The molecule has 4 rings (SSSR count). The lowest BCUT2D eigenvalue weighted by Crippen LogP contribution is -2.54. The van der Waals surface area contributed by atoms with Gasteiger partial charge in [0, 0.05) is 24.0 Å². The van der Waals surface area contributed by atoms with Crippen molar-refractivity contribution in [3.63, 3.8) is 0 Å². The van der Waals surface area contributed by atoms with Gasteiger partial charge in [0.15, 0.2) is 0 Å². The first-order valence-electron chi connectivity index (χ1n) is 15.2. The van der Waals surface area contributed by atoms with Crippen LogP contribution in [0, 0.1) is 13.8 Å². The number of rotatable bonds is 13. The first-order valence-corrected chi connectivity index (χ1v) is 17.8. The summed E-state index contributed by atoms with van der Waals surface area (Å²) in [5.41, 5.74) is 3.20. The highest BCUT2D eigenvalue weighted by Crippen LogP contribution is 2.30. The van der Waals surface area contributed by atoms with Crippen molar-refractivity contribution in [2.24, 2.45) is 0 Å². The molecule has 0 heterocycles. The Morgan fingerprint density at radius 1 is 0.830 bits per heavy atom. The molecule has 4 aromatic carbocycles. The zero-order valence-electron chi connectivity index (χ0n) is 26.7. The third kappa shape index (κ3) is 9.29. The molecule has 0 fully saturated rings. The van der Waals surface area contributed by atoms with E-state index in [0.29, 0.717) is 38.3 Å². The number of nitrogens with zero attached hydrogens (tertiary/aromatic N) is 2. The number of nitrogens with one attached hydrogen (secondary N) is 1. The molecular formula is C36H38Cl3N3O4S. The van der Waals surface area contributed by atoms with E-state index in [9.17, 15) is 18.0 Å². The normalized spacial score (nSPS) is 12.7. The molecule has 1 N–H and O–H groups in total. The van der Waals surface area contributed by atoms with E-state index >= 15 is 0 Å². The van der Waals surface area contributed by atoms with E-state index < -0.39 is 28.5 Å². The van der Waals surface area contributed by atoms with Crippen molar-refractivity contribution in [2.75, 3.05) is 10.8 Å². The Hall–Kier alpha value is -3.56. The van der Waals surface area contributed by atoms with Crippen LogP contribution in [0.1, 0.15) is 42.5 Å². The molecule has 0 aliphatic carbocycles. The second-order valence-electron chi connectivity index (χ2n) is 11.5. The predicted molar refractivity (Wildman–Crippen MR) is 191 cm³/mol. The minimum absolute atomic E-state index is 0.0247. The van der Waals surface area contributed by atoms with Gasteiger partial charge >= 0.3 is 0 Å². The molecule has 248 valence electrons. The van der Waals surface area contributed by atoms with Crippen molar-refractivity contribution in [3.05, 3.63) is 128 Å². The number of halogens is 3. The topological polar surface area (TPSA) is 86.8 Å². The Labute approximate surface area is 292 Å². The fourth-order valence-corrected chi connectivity index (χ4v) is 7.11. The van der Waals surface area contributed by atoms with Crippen LogP contribution in [-0.4, -0.2) is 43.8 Å². The van der Waals surface area contributed by atoms with Crippen molar-refractivity contribution < 1.29 is 18.0 Å². The van der Waals surface area contributed by atoms with E-state index in [-0.39, 0.29) is 29.8 Å². The van der Waals surface area contributed by atoms with Crippen LogP contribution in [0.3, 0.4) is 0 Å². The van der Waals surface area contributed by atoms with E-state index in [1.54, 1.807) is 55.5 Å². The first kappa shape index (κ1) is 36.3. The highest BCUT2D eigenvalue weighted by Gasteiger charge is 2.35. The Kier molecular flexibility index (Phi) is 12.4. The Morgan fingerprint density at radius 2 is 1.51 bits per heavy atom. The third-order valence-electron chi connectivity index (χ3n) is 7.92. The number of hydrogen-bond donors (Lipinski definition) is 1. The molecule has 7 nitrogen and oxygen atoms in total. The zero-order chi connectivity index (χ0) is 34.3. The van der Waals surface area contributed by atoms with Gasteiger partial charge in [0.05, 0.1) is 20.6 Å². The SMILES string of the molecule is CCC(C)NC(=O)C(Cc1ccccc1)N(Cc1ccc(Cl)c(Cl)c1)C(=O)CN(c1ccc(Cl)cc1C)S(=O)(=O)c1ccc(C)cc1. The summed E-state index contributed by atoms with van der Waals surface area (Å²) >= 11 is 18.8. The number of anilines is 1. The van der Waals surface area contributed by atoms with E-state index in [1.807, 2.05) is 51.1 Å². The van der Waals surface area contributed by atoms with E-state index in [1.165, 1.54) is 17.0 Å². The quantitative estimate of drug-likeness (QED) is 0.152. The molecular weight excluding hydrogens is 677 g/mol. The second kappa shape index (κ2) is 16.0. The van der Waals surface area contributed by atoms with Crippen molar-refractivity contribution >= 4 is 62.3 Å². The van der Waals surface area contributed by atoms with Crippen molar-refractivity contribution in [1.82, 2.24) is 10.2 Å². The minimum atomic E-state index is -4.24. The molecule has 0 aliphatic rings. The van der Waals surface area contributed by atoms with Crippen LogP contribution in [-0.2, 0) is 32.6 Å². The van der Waals surface area contributed by atoms with Gasteiger partial charge in [0.1, 0.15) is 12.6 Å². The first-order chi connectivity index (χ1) is 22.3. The van der Waals surface area contributed by atoms with E-state index in [4.69, 9.17) is 34.8 Å². The summed E-state index contributed by atoms with van der Waals surface area (Å²) in [4.78, 5) is 30.1. The molecule has 4 aromatic rings. The largest absolute Gasteiger partial charge is 0.352 e. The number of aryl methyl sites for hydroxylation is 2. The van der Waals surface area contributed by atoms with Gasteiger partial charge in [-0.15, -0.1) is 0 Å². The number of amides is 2. The number of carbonyl (C=O) groups excluding carboxylic acids is 2. The van der Waals surface area contributed by atoms with E-state index in [2.05, 4.69) is 5.32 Å². The lowest BCUT2D eigenvalue weighted by Gasteiger charge is -2.34. The van der Waals surface area contributed by atoms with Crippen molar-refractivity contribution in [1.29, 1.82) is 0 Å². The number of sulfonamides is 1. The molecule has 0 bridgehead atoms. The van der Waals surface area contributed by atoms with Gasteiger partial charge < -0.3 is 10.2 Å². The average Bonchev–Trinajstić information content (AvgIpc) is 3.04. The summed E-state index contributed by atoms with van der Waals surface area (Å²) in [6.45, 7) is 6.83. The van der Waals surface area contributed by atoms with Gasteiger partial charge in [-0.2, -0.15) is 0 Å². The molecule has 2 atom stereocenters. The lowest BCUT2D eigenvalue weighted by molar-refractivity contribution is -0.140. The standard InChI is InChI=1S/C36H38Cl3N3O4S/c1-5-26(4)40-36(44)34(21-27-9-7-6-8-10-27)41(22-28-13-17-31(38)32(39)20-28)35(43)23-42(33-18-14-29(37)19-25(33)3)47(45,46)30-15-11-24(2)12-16-30/h6-20,26,34H,5,21-23H2,1-4H3,(H,40,44). The number of benzene rings is 4. The Balaban J connectivity index is 1.85. The molecule has 47 heavy (non-hydrogen) atoms. The average molecular weight is 715 g/mol. The van der Waals surface area contributed by atoms with Gasteiger partial charge in [0.25, 0.3) is 10.0 Å². The Morgan fingerprint density at radius 3 is 2.13 bits per heavy atom. The highest BCUT2D eigenvalue weighted by atomic mass is 35.5. The Bertz CT molecular complexity index is 1820. The summed E-state index contributed by atoms with van der Waals surface area (Å²) in [7, 11) is -4.24. The molecule has 0 radical (unpaired) electrons. The van der Waals surface area contributed by atoms with Gasteiger partial charge in [-0.3, -0.25) is 13.9 Å². The van der Waals surface area contributed by atoms with Gasteiger partial charge in [0.2, 0.25) is 11.8 Å². The smallest absolute Gasteiger partial charge is 0.264 e. The maximum atomic E-state index is 14.6. The van der Waals surface area contributed by atoms with Crippen LogP contribution in [0.2, 0.25) is 15.1 Å². The van der Waals surface area contributed by atoms with Crippen molar-refractivity contribution in [3.8, 4) is 0 Å². The summed E-state index contributed by atoms with van der Waals surface area (Å²) < 4.78 is 29.6. The van der Waals surface area contributed by atoms with Crippen LogP contribution < -0.4 is 9.62 Å². The molecule has 2 amide bonds. The summed E-state index contributed by atoms with van der Waals surface area (Å²) in [6.07, 6.45) is 0.879. The van der Waals surface area contributed by atoms with Crippen LogP contribution in [0.4, 0.5) is 5.69 Å². The lowest BCUT2D eigenvalue weighted by atomic mass is 10.0. The fraction of sp³-hybridized carbons (Fsp3) is 0.278. The molecule has 0 aliphatic heterocycles. The van der Waals surface area contributed by atoms with Crippen LogP contribution >= 0.6 is 34.8 Å². The fourth-order valence-electron chi connectivity index (χ4n) is 5.08. The molecule has 0 saturated carbocycles. The monoisotopic (exact) mass is 713 g/mol. The van der Waals surface area contributed by atoms with Crippen molar-refractivity contribution in [2.45, 2.75) is 64.1 Å². The predicted octanol–water partition coefficient (Wildman–Crippen LogP) is 8.01. The summed E-state index contributed by atoms with van der Waals surface area (Å²) in [6, 6.07) is 24.5. The van der Waals surface area contributed by atoms with Crippen LogP contribution in [0.5, 0.6) is 0 Å². The maximum absolute atomic E-state index is 14.6. The third-order valence-corrected chi connectivity index (χ3v) is 10.7. The highest BCUT2D eigenvalue weighted by molar-refractivity contribution is 7.92. The number of hydrogen-bond acceptors (Lipinski definition) is 4. The van der Waals surface area contributed by atoms with E-state index in [0.717, 1.165) is 15.4 Å². The zero-order valence-corrected chi connectivity index (χ0v) is 29.8. The van der Waals surface area contributed by atoms with Crippen LogP contribution in [0.15, 0.2) is 95.9 Å². The molecule has 0 saturated heterocycles.